The summed E-state index contributed by atoms with van der Waals surface area (Å²) in [5, 5.41) is 0. The summed E-state index contributed by atoms with van der Waals surface area (Å²) in [5.41, 5.74) is -0.206. The molecule has 0 radical (unpaired) electrons. The van der Waals surface area contributed by atoms with Crippen molar-refractivity contribution < 1.29 is 30.6 Å². The fourth-order valence-corrected chi connectivity index (χ4v) is 1.69. The van der Waals surface area contributed by atoms with E-state index in [1.165, 1.54) is 42.5 Å². The number of hydrogen-bond donors (Lipinski definition) is 0. The third-order valence-electron chi connectivity index (χ3n) is 2.68. The van der Waals surface area contributed by atoms with Gasteiger partial charge in [-0.3, -0.25) is 0 Å². The van der Waals surface area contributed by atoms with Crippen LogP contribution in [0.4, 0.5) is 8.78 Å². The number of benzene rings is 1. The minimum Gasteiger partial charge on any atom is -0.304 e. The van der Waals surface area contributed by atoms with Gasteiger partial charge in [-0.15, -0.1) is 6.07 Å². The molecule has 0 amide bonds. The van der Waals surface area contributed by atoms with Crippen molar-refractivity contribution in [1.82, 2.24) is 0 Å². The van der Waals surface area contributed by atoms with Crippen molar-refractivity contribution in [2.45, 2.75) is 0 Å². The van der Waals surface area contributed by atoms with E-state index in [2.05, 4.69) is 0 Å². The Kier molecular flexibility index (Phi) is 6.73. The molecule has 1 nitrogen and oxygen atoms in total. The Labute approximate surface area is 132 Å². The van der Waals surface area contributed by atoms with Gasteiger partial charge < -0.3 is 4.79 Å². The molecule has 0 saturated heterocycles. The third-order valence-corrected chi connectivity index (χ3v) is 2.68. The molecule has 0 fully saturated rings. The zero-order chi connectivity index (χ0) is 14.4. The van der Waals surface area contributed by atoms with Crippen LogP contribution in [0.2, 0.25) is 0 Å². The van der Waals surface area contributed by atoms with Crippen molar-refractivity contribution in [2.24, 2.45) is 0 Å². The van der Waals surface area contributed by atoms with E-state index in [-0.39, 0.29) is 28.2 Å². The summed E-state index contributed by atoms with van der Waals surface area (Å²) >= 11 is 0. The minimum absolute atomic E-state index is 0. The fraction of sp³-hybridized carbons (Fsp3) is 0. The first kappa shape index (κ1) is 17.0. The molecular weight excluding hydrogens is 314 g/mol. The molecule has 0 N–H and O–H groups in total. The van der Waals surface area contributed by atoms with Crippen molar-refractivity contribution in [3.63, 3.8) is 0 Å². The van der Waals surface area contributed by atoms with Crippen LogP contribution in [0.1, 0.15) is 15.9 Å². The zero-order valence-electron chi connectivity index (χ0n) is 10.9. The van der Waals surface area contributed by atoms with Gasteiger partial charge in [-0.1, -0.05) is 17.7 Å². The van der Waals surface area contributed by atoms with Crippen LogP contribution in [-0.4, -0.2) is 5.78 Å². The second-order valence-electron chi connectivity index (χ2n) is 4.06. The van der Waals surface area contributed by atoms with E-state index in [1.54, 1.807) is 0 Å². The first-order valence-corrected chi connectivity index (χ1v) is 6.07. The summed E-state index contributed by atoms with van der Waals surface area (Å²) in [7, 11) is 0. The molecule has 4 heteroatoms. The second kappa shape index (κ2) is 8.30. The molecule has 108 valence electrons. The Morgan fingerprint density at radius 3 is 2.00 bits per heavy atom. The number of carbonyl (C=O) groups is 1. The van der Waals surface area contributed by atoms with Gasteiger partial charge in [0.1, 0.15) is 11.6 Å². The van der Waals surface area contributed by atoms with E-state index in [1.807, 2.05) is 30.3 Å². The van der Waals surface area contributed by atoms with Gasteiger partial charge in [-0.25, -0.2) is 27.0 Å². The quantitative estimate of drug-likeness (QED) is 0.389. The van der Waals surface area contributed by atoms with Crippen molar-refractivity contribution in [3.05, 3.63) is 95.6 Å². The van der Waals surface area contributed by atoms with Gasteiger partial charge >= 0.3 is 17.1 Å². The van der Waals surface area contributed by atoms with Crippen molar-refractivity contribution >= 4 is 5.78 Å². The molecule has 0 unspecified atom stereocenters. The van der Waals surface area contributed by atoms with E-state index < -0.39 is 17.4 Å². The van der Waals surface area contributed by atoms with Crippen molar-refractivity contribution in [2.75, 3.05) is 0 Å². The normalized spacial score (nSPS) is 9.24. The van der Waals surface area contributed by atoms with Crippen LogP contribution < -0.4 is 0 Å². The van der Waals surface area contributed by atoms with Gasteiger partial charge in [0.15, 0.2) is 0 Å². The molecule has 21 heavy (non-hydrogen) atoms. The maximum atomic E-state index is 13.2. The Balaban J connectivity index is 0.000000313. The average Bonchev–Trinajstić information content (AvgIpc) is 3.12. The summed E-state index contributed by atoms with van der Waals surface area (Å²) in [6.45, 7) is 0. The molecule has 3 rings (SSSR count). The average molecular weight is 326 g/mol. The van der Waals surface area contributed by atoms with Gasteiger partial charge in [0.05, 0.1) is 0 Å². The second-order valence-corrected chi connectivity index (χ2v) is 4.06. The Bertz CT molecular complexity index is 654. The Hall–Kier alpha value is -2.03. The molecule has 0 aliphatic rings. The molecule has 0 atom stereocenters. The smallest absolute Gasteiger partial charge is 0.304 e. The van der Waals surface area contributed by atoms with Crippen LogP contribution in [0.3, 0.4) is 0 Å². The van der Waals surface area contributed by atoms with Crippen LogP contribution >= 0.6 is 0 Å². The number of hydrogen-bond acceptors (Lipinski definition) is 1. The first-order chi connectivity index (χ1) is 9.70. The van der Waals surface area contributed by atoms with E-state index in [9.17, 15) is 13.6 Å². The molecular formula is C17H12F2FeO. The summed E-state index contributed by atoms with van der Waals surface area (Å²) in [6, 6.07) is 19.5. The number of carbonyl (C=O) groups excluding carboxylic acids is 1. The largest absolute Gasteiger partial charge is 2.00 e. The van der Waals surface area contributed by atoms with Crippen LogP contribution in [0.25, 0.3) is 0 Å². The van der Waals surface area contributed by atoms with E-state index in [0.29, 0.717) is 0 Å². The van der Waals surface area contributed by atoms with Crippen LogP contribution in [-0.2, 0) is 17.1 Å². The van der Waals surface area contributed by atoms with Gasteiger partial charge in [0.25, 0.3) is 0 Å². The van der Waals surface area contributed by atoms with Gasteiger partial charge in [0, 0.05) is 11.4 Å². The van der Waals surface area contributed by atoms with Crippen LogP contribution in [0.5, 0.6) is 0 Å². The monoisotopic (exact) mass is 326 g/mol. The Morgan fingerprint density at radius 1 is 0.857 bits per heavy atom. The predicted octanol–water partition coefficient (Wildman–Crippen LogP) is 4.32. The molecule has 0 spiro atoms. The topological polar surface area (TPSA) is 17.1 Å². The van der Waals surface area contributed by atoms with Gasteiger partial charge in [-0.2, -0.15) is 24.3 Å². The molecule has 3 aromatic carbocycles. The van der Waals surface area contributed by atoms with Crippen molar-refractivity contribution in [3.8, 4) is 0 Å². The molecule has 0 aliphatic heterocycles. The van der Waals surface area contributed by atoms with Crippen molar-refractivity contribution in [1.29, 1.82) is 0 Å². The number of halogens is 2. The maximum Gasteiger partial charge on any atom is 2.00 e. The third kappa shape index (κ3) is 4.48. The van der Waals surface area contributed by atoms with E-state index in [0.717, 1.165) is 0 Å². The van der Waals surface area contributed by atoms with Gasteiger partial charge in [0.2, 0.25) is 0 Å². The number of rotatable bonds is 2. The minimum atomic E-state index is -0.636. The standard InChI is InChI=1S/C12H7F2O.C5H5.Fe/c13-10-6-2-1-4-8(10)12(15)9-5-3-7-11(9)14;1-2-4-5-3-1;/h1-7H;1-5H;/q2*-1;+2. The summed E-state index contributed by atoms with van der Waals surface area (Å²) < 4.78 is 26.3. The molecule has 0 bridgehead atoms. The first-order valence-electron chi connectivity index (χ1n) is 6.07. The molecule has 3 aromatic rings. The maximum absolute atomic E-state index is 13.2. The predicted molar refractivity (Wildman–Crippen MR) is 73.9 cm³/mol. The molecule has 0 saturated carbocycles. The van der Waals surface area contributed by atoms with E-state index >= 15 is 0 Å². The fourth-order valence-electron chi connectivity index (χ4n) is 1.69. The van der Waals surface area contributed by atoms with Crippen LogP contribution in [0.15, 0.2) is 72.8 Å². The molecule has 0 aliphatic carbocycles. The molecule has 0 aromatic heterocycles. The summed E-state index contributed by atoms with van der Waals surface area (Å²) in [5.74, 6) is -1.89. The number of ketones is 1. The molecule has 0 heterocycles. The van der Waals surface area contributed by atoms with Gasteiger partial charge in [-0.05, 0) is 12.1 Å². The summed E-state index contributed by atoms with van der Waals surface area (Å²) in [6.07, 6.45) is 0. The summed E-state index contributed by atoms with van der Waals surface area (Å²) in [4.78, 5) is 11.7. The van der Waals surface area contributed by atoms with E-state index in [4.69, 9.17) is 0 Å². The Morgan fingerprint density at radius 2 is 1.52 bits per heavy atom. The SMILES string of the molecule is O=C(c1ccccc1F)c1cc[cH-]c1F.[Fe+2].c1cc[cH-]c1. The van der Waals surface area contributed by atoms with Crippen LogP contribution in [0, 0.1) is 11.6 Å². The zero-order valence-corrected chi connectivity index (χ0v) is 12.1.